The molecule has 0 atom stereocenters. The van der Waals surface area contributed by atoms with Gasteiger partial charge < -0.3 is 14.5 Å². The monoisotopic (exact) mass is 379 g/mol. The molecule has 27 heavy (non-hydrogen) atoms. The van der Waals surface area contributed by atoms with Crippen molar-refractivity contribution in [1.29, 1.82) is 0 Å². The van der Waals surface area contributed by atoms with Crippen LogP contribution in [0.2, 0.25) is 0 Å². The Balaban J connectivity index is 1.68. The maximum absolute atomic E-state index is 12.8. The summed E-state index contributed by atoms with van der Waals surface area (Å²) in [5.74, 6) is 1.21. The van der Waals surface area contributed by atoms with Crippen molar-refractivity contribution in [2.75, 3.05) is 7.11 Å². The average molecular weight is 379 g/mol. The summed E-state index contributed by atoms with van der Waals surface area (Å²) in [5, 5.41) is 9.51. The number of carbonyl (C=O) groups is 1. The first-order valence-corrected chi connectivity index (χ1v) is 9.21. The first-order chi connectivity index (χ1) is 13.2. The van der Waals surface area contributed by atoms with E-state index in [-0.39, 0.29) is 5.91 Å². The van der Waals surface area contributed by atoms with E-state index in [2.05, 4.69) is 10.4 Å². The summed E-state index contributed by atoms with van der Waals surface area (Å²) in [5.41, 5.74) is 1.99. The van der Waals surface area contributed by atoms with Gasteiger partial charge in [-0.05, 0) is 53.9 Å². The van der Waals surface area contributed by atoms with E-state index in [1.165, 1.54) is 0 Å². The second-order valence-corrected chi connectivity index (χ2v) is 6.71. The van der Waals surface area contributed by atoms with Gasteiger partial charge in [-0.1, -0.05) is 6.07 Å². The van der Waals surface area contributed by atoms with E-state index < -0.39 is 0 Å². The first-order valence-electron chi connectivity index (χ1n) is 8.33. The number of nitrogens with zero attached hydrogens (tertiary/aromatic N) is 2. The van der Waals surface area contributed by atoms with Crippen molar-refractivity contribution in [3.8, 4) is 22.0 Å². The second kappa shape index (κ2) is 7.51. The number of methoxy groups -OCH3 is 1. The molecule has 4 aromatic rings. The first kappa shape index (κ1) is 17.1. The van der Waals surface area contributed by atoms with Gasteiger partial charge in [0, 0.05) is 0 Å². The second-order valence-electron chi connectivity index (χ2n) is 5.76. The Morgan fingerprint density at radius 2 is 2.07 bits per heavy atom. The van der Waals surface area contributed by atoms with Crippen LogP contribution >= 0.6 is 11.3 Å². The molecule has 0 fully saturated rings. The molecule has 1 N–H and O–H groups in total. The fourth-order valence-electron chi connectivity index (χ4n) is 2.68. The zero-order valence-corrected chi connectivity index (χ0v) is 15.4. The Hall–Kier alpha value is -3.32. The molecule has 0 spiro atoms. The lowest BCUT2D eigenvalue weighted by Crippen LogP contribution is -2.25. The Morgan fingerprint density at radius 3 is 2.74 bits per heavy atom. The van der Waals surface area contributed by atoms with Crippen LogP contribution in [-0.4, -0.2) is 22.8 Å². The highest BCUT2D eigenvalue weighted by Gasteiger charge is 2.18. The van der Waals surface area contributed by atoms with Crippen molar-refractivity contribution in [2.45, 2.75) is 6.54 Å². The predicted molar refractivity (Wildman–Crippen MR) is 103 cm³/mol. The highest BCUT2D eigenvalue weighted by atomic mass is 32.1. The van der Waals surface area contributed by atoms with Crippen molar-refractivity contribution in [2.24, 2.45) is 0 Å². The standard InChI is InChI=1S/C20H17N3O3S/c1-25-15-8-6-14(7-9-15)23-18(12-17(22-23)19-5-3-11-27-19)20(24)21-13-16-4-2-10-26-16/h2-12H,13H2,1H3,(H,21,24). The number of ether oxygens (including phenoxy) is 1. The van der Waals surface area contributed by atoms with Crippen LogP contribution in [0.5, 0.6) is 5.75 Å². The molecule has 0 saturated heterocycles. The molecule has 0 unspecified atom stereocenters. The van der Waals surface area contributed by atoms with Gasteiger partial charge in [-0.25, -0.2) is 4.68 Å². The van der Waals surface area contributed by atoms with Crippen LogP contribution in [0.25, 0.3) is 16.3 Å². The zero-order chi connectivity index (χ0) is 18.6. The third-order valence-corrected chi connectivity index (χ3v) is 4.93. The predicted octanol–water partition coefficient (Wildman–Crippen LogP) is 4.13. The van der Waals surface area contributed by atoms with Gasteiger partial charge in [0.2, 0.25) is 0 Å². The number of thiophene rings is 1. The Kier molecular flexibility index (Phi) is 4.76. The number of hydrogen-bond donors (Lipinski definition) is 1. The van der Waals surface area contributed by atoms with E-state index >= 15 is 0 Å². The largest absolute Gasteiger partial charge is 0.497 e. The van der Waals surface area contributed by atoms with Gasteiger partial charge in [-0.15, -0.1) is 11.3 Å². The molecule has 136 valence electrons. The van der Waals surface area contributed by atoms with Gasteiger partial charge in [-0.3, -0.25) is 4.79 Å². The Morgan fingerprint density at radius 1 is 1.22 bits per heavy atom. The normalized spacial score (nSPS) is 10.7. The maximum Gasteiger partial charge on any atom is 0.270 e. The number of rotatable bonds is 6. The third-order valence-electron chi connectivity index (χ3n) is 4.04. The van der Waals surface area contributed by atoms with Crippen LogP contribution in [-0.2, 0) is 6.54 Å². The highest BCUT2D eigenvalue weighted by molar-refractivity contribution is 7.13. The van der Waals surface area contributed by atoms with E-state index in [1.807, 2.05) is 47.8 Å². The molecule has 0 saturated carbocycles. The molecular weight excluding hydrogens is 362 g/mol. The minimum absolute atomic E-state index is 0.225. The quantitative estimate of drug-likeness (QED) is 0.547. The molecule has 1 amide bonds. The molecule has 4 rings (SSSR count). The van der Waals surface area contributed by atoms with E-state index in [4.69, 9.17) is 9.15 Å². The lowest BCUT2D eigenvalue weighted by molar-refractivity contribution is 0.0940. The van der Waals surface area contributed by atoms with Crippen LogP contribution in [0.3, 0.4) is 0 Å². The summed E-state index contributed by atoms with van der Waals surface area (Å²) >= 11 is 1.58. The molecule has 0 aliphatic heterocycles. The number of benzene rings is 1. The van der Waals surface area contributed by atoms with Gasteiger partial charge in [0.15, 0.2) is 0 Å². The van der Waals surface area contributed by atoms with Crippen LogP contribution in [0.1, 0.15) is 16.2 Å². The minimum Gasteiger partial charge on any atom is -0.497 e. The highest BCUT2D eigenvalue weighted by Crippen LogP contribution is 2.26. The van der Waals surface area contributed by atoms with E-state index in [1.54, 1.807) is 41.5 Å². The summed E-state index contributed by atoms with van der Waals surface area (Å²) in [4.78, 5) is 13.8. The number of hydrogen-bond acceptors (Lipinski definition) is 5. The zero-order valence-electron chi connectivity index (χ0n) is 14.6. The minimum atomic E-state index is -0.225. The number of furan rings is 1. The molecule has 0 aliphatic carbocycles. The number of nitrogens with one attached hydrogen (secondary N) is 1. The molecule has 0 bridgehead atoms. The summed E-state index contributed by atoms with van der Waals surface area (Å²) in [7, 11) is 1.62. The van der Waals surface area contributed by atoms with Crippen LogP contribution in [0.4, 0.5) is 0 Å². The molecule has 1 aromatic carbocycles. The van der Waals surface area contributed by atoms with Crippen molar-refractivity contribution in [3.05, 3.63) is 77.7 Å². The van der Waals surface area contributed by atoms with Crippen molar-refractivity contribution < 1.29 is 13.9 Å². The number of aromatic nitrogens is 2. The summed E-state index contributed by atoms with van der Waals surface area (Å²) in [6, 6.07) is 16.8. The molecule has 0 radical (unpaired) electrons. The maximum atomic E-state index is 12.8. The molecule has 0 aliphatic rings. The molecular formula is C20H17N3O3S. The molecule has 3 aromatic heterocycles. The number of carbonyl (C=O) groups excluding carboxylic acids is 1. The van der Waals surface area contributed by atoms with Gasteiger partial charge in [0.1, 0.15) is 22.9 Å². The summed E-state index contributed by atoms with van der Waals surface area (Å²) in [6.07, 6.45) is 1.58. The topological polar surface area (TPSA) is 69.3 Å². The van der Waals surface area contributed by atoms with Gasteiger partial charge in [-0.2, -0.15) is 5.10 Å². The lowest BCUT2D eigenvalue weighted by Gasteiger charge is -2.08. The van der Waals surface area contributed by atoms with Crippen LogP contribution in [0.15, 0.2) is 70.7 Å². The van der Waals surface area contributed by atoms with Crippen molar-refractivity contribution in [1.82, 2.24) is 15.1 Å². The average Bonchev–Trinajstić information content (AvgIpc) is 3.47. The summed E-state index contributed by atoms with van der Waals surface area (Å²) in [6.45, 7) is 0.313. The smallest absolute Gasteiger partial charge is 0.270 e. The van der Waals surface area contributed by atoms with E-state index in [9.17, 15) is 4.79 Å². The Labute approximate surface area is 160 Å². The van der Waals surface area contributed by atoms with Crippen LogP contribution < -0.4 is 10.1 Å². The molecule has 6 nitrogen and oxygen atoms in total. The number of amides is 1. The van der Waals surface area contributed by atoms with Crippen LogP contribution in [0, 0.1) is 0 Å². The molecule has 3 heterocycles. The molecule has 7 heteroatoms. The van der Waals surface area contributed by atoms with Gasteiger partial charge in [0.05, 0.1) is 30.5 Å². The van der Waals surface area contributed by atoms with Crippen molar-refractivity contribution >= 4 is 17.2 Å². The Bertz CT molecular complexity index is 1020. The van der Waals surface area contributed by atoms with Gasteiger partial charge >= 0.3 is 0 Å². The van der Waals surface area contributed by atoms with Gasteiger partial charge in [0.25, 0.3) is 5.91 Å². The van der Waals surface area contributed by atoms with E-state index in [0.717, 1.165) is 22.0 Å². The lowest BCUT2D eigenvalue weighted by atomic mass is 10.2. The third kappa shape index (κ3) is 3.63. The fraction of sp³-hybridized carbons (Fsp3) is 0.100. The summed E-state index contributed by atoms with van der Waals surface area (Å²) < 4.78 is 12.1. The fourth-order valence-corrected chi connectivity index (χ4v) is 3.36. The SMILES string of the molecule is COc1ccc(-n2nc(-c3cccs3)cc2C(=O)NCc2ccco2)cc1. The van der Waals surface area contributed by atoms with Crippen molar-refractivity contribution in [3.63, 3.8) is 0 Å². The van der Waals surface area contributed by atoms with E-state index in [0.29, 0.717) is 18.0 Å².